The van der Waals surface area contributed by atoms with Crippen molar-refractivity contribution in [1.82, 2.24) is 15.6 Å². The minimum Gasteiger partial charge on any atom is -0.370 e. The number of anilines is 2. The van der Waals surface area contributed by atoms with Gasteiger partial charge in [-0.3, -0.25) is 4.99 Å². The SMILES string of the molecule is CCN(CCNC(=NC)NCc1ccnc(N2CCCC2)c1)c1cccc(C)c1.I. The Labute approximate surface area is 198 Å². The maximum absolute atomic E-state index is 4.53. The van der Waals surface area contributed by atoms with Crippen molar-refractivity contribution in [1.29, 1.82) is 0 Å². The summed E-state index contributed by atoms with van der Waals surface area (Å²) >= 11 is 0. The Morgan fingerprint density at radius 2 is 1.97 bits per heavy atom. The molecule has 1 aromatic carbocycles. The van der Waals surface area contributed by atoms with E-state index in [-0.39, 0.29) is 24.0 Å². The van der Waals surface area contributed by atoms with E-state index in [2.05, 4.69) is 80.7 Å². The van der Waals surface area contributed by atoms with E-state index in [0.717, 1.165) is 51.0 Å². The van der Waals surface area contributed by atoms with E-state index in [1.54, 1.807) is 0 Å². The lowest BCUT2D eigenvalue weighted by Crippen LogP contribution is -2.41. The predicted octanol–water partition coefficient (Wildman–Crippen LogP) is 3.80. The summed E-state index contributed by atoms with van der Waals surface area (Å²) in [5.74, 6) is 1.91. The molecule has 1 fully saturated rings. The maximum Gasteiger partial charge on any atom is 0.191 e. The zero-order chi connectivity index (χ0) is 20.5. The van der Waals surface area contributed by atoms with E-state index >= 15 is 0 Å². The molecule has 0 bridgehead atoms. The van der Waals surface area contributed by atoms with Crippen LogP contribution in [-0.4, -0.2) is 50.7 Å². The highest BCUT2D eigenvalue weighted by atomic mass is 127. The monoisotopic (exact) mass is 522 g/mol. The number of guanidine groups is 1. The smallest absolute Gasteiger partial charge is 0.191 e. The van der Waals surface area contributed by atoms with Gasteiger partial charge in [0.15, 0.2) is 5.96 Å². The van der Waals surface area contributed by atoms with Crippen molar-refractivity contribution < 1.29 is 0 Å². The van der Waals surface area contributed by atoms with Crippen molar-refractivity contribution in [3.05, 3.63) is 53.7 Å². The number of rotatable bonds is 8. The average molecular weight is 522 g/mol. The van der Waals surface area contributed by atoms with Gasteiger partial charge in [-0.15, -0.1) is 24.0 Å². The Morgan fingerprint density at radius 1 is 1.17 bits per heavy atom. The molecule has 7 heteroatoms. The predicted molar refractivity (Wildman–Crippen MR) is 138 cm³/mol. The molecule has 0 atom stereocenters. The van der Waals surface area contributed by atoms with Crippen LogP contribution in [0, 0.1) is 6.92 Å². The Kier molecular flexibility index (Phi) is 10.2. The van der Waals surface area contributed by atoms with Gasteiger partial charge in [0.2, 0.25) is 0 Å². The number of aromatic nitrogens is 1. The minimum atomic E-state index is 0. The molecule has 1 aromatic heterocycles. The topological polar surface area (TPSA) is 55.8 Å². The molecule has 1 aliphatic rings. The van der Waals surface area contributed by atoms with Crippen molar-refractivity contribution in [3.63, 3.8) is 0 Å². The summed E-state index contributed by atoms with van der Waals surface area (Å²) in [6, 6.07) is 12.9. The van der Waals surface area contributed by atoms with Gasteiger partial charge in [0, 0.05) is 58.2 Å². The number of aliphatic imine (C=N–C) groups is 1. The first-order valence-electron chi connectivity index (χ1n) is 10.7. The van der Waals surface area contributed by atoms with E-state index in [0.29, 0.717) is 0 Å². The van der Waals surface area contributed by atoms with Crippen LogP contribution in [0.25, 0.3) is 0 Å². The summed E-state index contributed by atoms with van der Waals surface area (Å²) in [7, 11) is 1.82. The molecule has 2 N–H and O–H groups in total. The molecule has 6 nitrogen and oxygen atoms in total. The summed E-state index contributed by atoms with van der Waals surface area (Å²) in [6.07, 6.45) is 4.43. The maximum atomic E-state index is 4.53. The molecule has 3 rings (SSSR count). The van der Waals surface area contributed by atoms with Crippen molar-refractivity contribution in [3.8, 4) is 0 Å². The van der Waals surface area contributed by atoms with Crippen molar-refractivity contribution in [2.45, 2.75) is 33.2 Å². The standard InChI is InChI=1S/C23H34N6.HI/c1-4-28(21-9-7-8-19(2)16-21)15-12-26-23(24-3)27-18-20-10-11-25-22(17-20)29-13-5-6-14-29;/h7-11,16-17H,4-6,12-15,18H2,1-3H3,(H2,24,26,27);1H. The van der Waals surface area contributed by atoms with Crippen LogP contribution in [0.15, 0.2) is 47.6 Å². The van der Waals surface area contributed by atoms with E-state index in [1.807, 2.05) is 13.2 Å². The molecule has 164 valence electrons. The van der Waals surface area contributed by atoms with Crippen LogP contribution in [0.1, 0.15) is 30.9 Å². The second-order valence-corrected chi connectivity index (χ2v) is 7.49. The number of likely N-dealkylation sites (N-methyl/N-ethyl adjacent to an activating group) is 1. The third-order valence-corrected chi connectivity index (χ3v) is 5.35. The van der Waals surface area contributed by atoms with Crippen LogP contribution in [0.3, 0.4) is 0 Å². The number of halogens is 1. The first-order valence-corrected chi connectivity index (χ1v) is 10.7. The zero-order valence-electron chi connectivity index (χ0n) is 18.4. The van der Waals surface area contributed by atoms with Gasteiger partial charge in [-0.1, -0.05) is 12.1 Å². The summed E-state index contributed by atoms with van der Waals surface area (Å²) in [5, 5.41) is 6.85. The summed E-state index contributed by atoms with van der Waals surface area (Å²) in [6.45, 7) is 10.0. The average Bonchev–Trinajstić information content (AvgIpc) is 3.28. The number of nitrogens with one attached hydrogen (secondary N) is 2. The summed E-state index contributed by atoms with van der Waals surface area (Å²) < 4.78 is 0. The molecular weight excluding hydrogens is 487 g/mol. The number of aryl methyl sites for hydroxylation is 1. The first-order chi connectivity index (χ1) is 14.2. The van der Waals surface area contributed by atoms with Gasteiger partial charge < -0.3 is 20.4 Å². The van der Waals surface area contributed by atoms with E-state index in [9.17, 15) is 0 Å². The largest absolute Gasteiger partial charge is 0.370 e. The highest BCUT2D eigenvalue weighted by Gasteiger charge is 2.13. The van der Waals surface area contributed by atoms with Crippen LogP contribution in [-0.2, 0) is 6.54 Å². The lowest BCUT2D eigenvalue weighted by molar-refractivity contribution is 0.749. The third-order valence-electron chi connectivity index (χ3n) is 5.35. The fraction of sp³-hybridized carbons (Fsp3) is 0.478. The molecule has 0 unspecified atom stereocenters. The molecule has 0 amide bonds. The third kappa shape index (κ3) is 7.04. The number of hydrogen-bond acceptors (Lipinski definition) is 4. The molecule has 0 saturated carbocycles. The molecule has 0 aliphatic carbocycles. The molecule has 1 saturated heterocycles. The first kappa shape index (κ1) is 24.2. The second-order valence-electron chi connectivity index (χ2n) is 7.49. The Hall–Kier alpha value is -2.03. The van der Waals surface area contributed by atoms with Crippen molar-refractivity contribution >= 4 is 41.4 Å². The van der Waals surface area contributed by atoms with Crippen LogP contribution >= 0.6 is 24.0 Å². The highest BCUT2D eigenvalue weighted by molar-refractivity contribution is 14.0. The normalized spacial score (nSPS) is 13.7. The van der Waals surface area contributed by atoms with Crippen LogP contribution < -0.4 is 20.4 Å². The summed E-state index contributed by atoms with van der Waals surface area (Å²) in [5.41, 5.74) is 3.78. The second kappa shape index (κ2) is 12.6. The van der Waals surface area contributed by atoms with E-state index < -0.39 is 0 Å². The Bertz CT molecular complexity index is 804. The summed E-state index contributed by atoms with van der Waals surface area (Å²) in [4.78, 5) is 13.6. The van der Waals surface area contributed by atoms with Gasteiger partial charge in [0.1, 0.15) is 5.82 Å². The lowest BCUT2D eigenvalue weighted by Gasteiger charge is -2.24. The van der Waals surface area contributed by atoms with E-state index in [1.165, 1.54) is 29.7 Å². The Morgan fingerprint density at radius 3 is 2.67 bits per heavy atom. The van der Waals surface area contributed by atoms with Gasteiger partial charge in [0.05, 0.1) is 0 Å². The molecule has 2 heterocycles. The minimum absolute atomic E-state index is 0. The number of pyridine rings is 1. The van der Waals surface area contributed by atoms with Crippen LogP contribution in [0.5, 0.6) is 0 Å². The van der Waals surface area contributed by atoms with Crippen LogP contribution in [0.4, 0.5) is 11.5 Å². The lowest BCUT2D eigenvalue weighted by atomic mass is 10.2. The molecule has 0 spiro atoms. The number of hydrogen-bond donors (Lipinski definition) is 2. The molecule has 0 radical (unpaired) electrons. The molecule has 2 aromatic rings. The fourth-order valence-electron chi connectivity index (χ4n) is 3.70. The number of benzene rings is 1. The van der Waals surface area contributed by atoms with Crippen molar-refractivity contribution in [2.75, 3.05) is 49.6 Å². The molecular formula is C23H35IN6. The molecule has 30 heavy (non-hydrogen) atoms. The highest BCUT2D eigenvalue weighted by Crippen LogP contribution is 2.18. The van der Waals surface area contributed by atoms with Crippen molar-refractivity contribution in [2.24, 2.45) is 4.99 Å². The van der Waals surface area contributed by atoms with Gasteiger partial charge in [-0.25, -0.2) is 4.98 Å². The zero-order valence-corrected chi connectivity index (χ0v) is 20.7. The van der Waals surface area contributed by atoms with Crippen LogP contribution in [0.2, 0.25) is 0 Å². The van der Waals surface area contributed by atoms with Gasteiger partial charge in [-0.2, -0.15) is 0 Å². The quantitative estimate of drug-likeness (QED) is 0.314. The van der Waals surface area contributed by atoms with Gasteiger partial charge in [-0.05, 0) is 62.1 Å². The fourth-order valence-corrected chi connectivity index (χ4v) is 3.70. The Balaban J connectivity index is 0.00000320. The van der Waals surface area contributed by atoms with Gasteiger partial charge in [0.25, 0.3) is 0 Å². The van der Waals surface area contributed by atoms with E-state index in [4.69, 9.17) is 0 Å². The molecule has 1 aliphatic heterocycles. The van der Waals surface area contributed by atoms with Gasteiger partial charge >= 0.3 is 0 Å². The number of nitrogens with zero attached hydrogens (tertiary/aromatic N) is 4.